The highest BCUT2D eigenvalue weighted by Gasteiger charge is 2.49. The number of hydrogen-bond acceptors (Lipinski definition) is 5. The first-order valence-electron chi connectivity index (χ1n) is 11.0. The number of piperidine rings is 1. The fourth-order valence-electron chi connectivity index (χ4n) is 5.19. The topological polar surface area (TPSA) is 85.7 Å². The number of nitrogens with one attached hydrogen (secondary N) is 1. The summed E-state index contributed by atoms with van der Waals surface area (Å²) in [5.74, 6) is 1.30. The molecule has 0 bridgehead atoms. The van der Waals surface area contributed by atoms with E-state index in [2.05, 4.69) is 10.4 Å². The van der Waals surface area contributed by atoms with E-state index in [1.165, 1.54) is 12.8 Å². The molecule has 1 saturated heterocycles. The molecular weight excluding hydrogens is 396 g/mol. The lowest BCUT2D eigenvalue weighted by Crippen LogP contribution is -2.48. The van der Waals surface area contributed by atoms with Crippen molar-refractivity contribution in [2.45, 2.75) is 50.0 Å². The van der Waals surface area contributed by atoms with Gasteiger partial charge in [0.05, 0.1) is 18.6 Å². The molecule has 8 heteroatoms. The zero-order chi connectivity index (χ0) is 21.6. The minimum atomic E-state index is -0.641. The van der Waals surface area contributed by atoms with Gasteiger partial charge in [-0.2, -0.15) is 5.10 Å². The van der Waals surface area contributed by atoms with Crippen molar-refractivity contribution in [2.75, 3.05) is 25.5 Å². The molecule has 0 radical (unpaired) electrons. The van der Waals surface area contributed by atoms with Crippen molar-refractivity contribution in [3.05, 3.63) is 35.7 Å². The maximum absolute atomic E-state index is 13.1. The maximum Gasteiger partial charge on any atom is 0.272 e. The summed E-state index contributed by atoms with van der Waals surface area (Å²) >= 11 is 0. The number of carbonyl (C=O) groups excluding carboxylic acids is 2. The van der Waals surface area contributed by atoms with Crippen LogP contribution in [-0.4, -0.2) is 52.8 Å². The second-order valence-corrected chi connectivity index (χ2v) is 8.74. The molecule has 1 saturated carbocycles. The average Bonchev–Trinajstić information content (AvgIpc) is 3.49. The first-order chi connectivity index (χ1) is 15.0. The minimum absolute atomic E-state index is 0.00444. The van der Waals surface area contributed by atoms with E-state index in [1.54, 1.807) is 31.1 Å². The predicted molar refractivity (Wildman–Crippen MR) is 115 cm³/mol. The van der Waals surface area contributed by atoms with Crippen molar-refractivity contribution >= 4 is 17.5 Å². The summed E-state index contributed by atoms with van der Waals surface area (Å²) in [7, 11) is 3.39. The normalized spacial score (nSPS) is 20.1. The second kappa shape index (κ2) is 7.59. The largest absolute Gasteiger partial charge is 0.493 e. The van der Waals surface area contributed by atoms with Crippen molar-refractivity contribution in [1.82, 2.24) is 14.7 Å². The van der Waals surface area contributed by atoms with Gasteiger partial charge < -0.3 is 19.7 Å². The number of carbonyl (C=O) groups is 2. The van der Waals surface area contributed by atoms with E-state index in [0.717, 1.165) is 24.1 Å². The number of amides is 2. The van der Waals surface area contributed by atoms with Crippen molar-refractivity contribution in [3.8, 4) is 11.5 Å². The van der Waals surface area contributed by atoms with Crippen LogP contribution in [0.2, 0.25) is 0 Å². The molecule has 1 aliphatic carbocycles. The SMILES string of the molecule is COc1cc2c(cc1OC1CCCC1)NC(=O)C21CCN(C(=O)c2ccnn2C)CC1. The van der Waals surface area contributed by atoms with Gasteiger partial charge in [-0.05, 0) is 56.2 Å². The molecule has 0 unspecified atom stereocenters. The van der Waals surface area contributed by atoms with Crippen LogP contribution >= 0.6 is 0 Å². The number of hydrogen-bond donors (Lipinski definition) is 1. The monoisotopic (exact) mass is 424 g/mol. The molecule has 2 aromatic rings. The molecule has 5 rings (SSSR count). The Kier molecular flexibility index (Phi) is 4.87. The molecule has 8 nitrogen and oxygen atoms in total. The molecule has 0 atom stereocenters. The third kappa shape index (κ3) is 3.25. The van der Waals surface area contributed by atoms with Gasteiger partial charge >= 0.3 is 0 Å². The molecule has 3 aliphatic rings. The number of anilines is 1. The van der Waals surface area contributed by atoms with Gasteiger partial charge in [0.25, 0.3) is 5.91 Å². The summed E-state index contributed by atoms with van der Waals surface area (Å²) in [6.45, 7) is 1.03. The van der Waals surface area contributed by atoms with Gasteiger partial charge in [-0.25, -0.2) is 0 Å². The molecular formula is C23H28N4O4. The van der Waals surface area contributed by atoms with Gasteiger partial charge in [-0.15, -0.1) is 0 Å². The molecule has 2 amide bonds. The molecule has 1 N–H and O–H groups in total. The van der Waals surface area contributed by atoms with Crippen LogP contribution in [0.15, 0.2) is 24.4 Å². The van der Waals surface area contributed by atoms with Crippen LogP contribution < -0.4 is 14.8 Å². The Morgan fingerprint density at radius 2 is 1.94 bits per heavy atom. The minimum Gasteiger partial charge on any atom is -0.493 e. The fraction of sp³-hybridized carbons (Fsp3) is 0.522. The van der Waals surface area contributed by atoms with Crippen LogP contribution in [0.4, 0.5) is 5.69 Å². The summed E-state index contributed by atoms with van der Waals surface area (Å²) in [5.41, 5.74) is 1.66. The van der Waals surface area contributed by atoms with Crippen molar-refractivity contribution in [2.24, 2.45) is 7.05 Å². The van der Waals surface area contributed by atoms with Crippen molar-refractivity contribution in [1.29, 1.82) is 0 Å². The van der Waals surface area contributed by atoms with Gasteiger partial charge in [0, 0.05) is 38.1 Å². The number of ether oxygens (including phenoxy) is 2. The Hall–Kier alpha value is -3.03. The van der Waals surface area contributed by atoms with Crippen LogP contribution in [-0.2, 0) is 17.3 Å². The van der Waals surface area contributed by atoms with Gasteiger partial charge in [0.2, 0.25) is 5.91 Å². The molecule has 2 fully saturated rings. The molecule has 1 aromatic heterocycles. The number of nitrogens with zero attached hydrogens (tertiary/aromatic N) is 3. The van der Waals surface area contributed by atoms with Gasteiger partial charge in [-0.3, -0.25) is 14.3 Å². The number of benzene rings is 1. The molecule has 3 heterocycles. The predicted octanol–water partition coefficient (Wildman–Crippen LogP) is 2.88. The number of fused-ring (bicyclic) bond motifs is 2. The van der Waals surface area contributed by atoms with Gasteiger partial charge in [0.15, 0.2) is 11.5 Å². The molecule has 2 aliphatic heterocycles. The molecule has 164 valence electrons. The average molecular weight is 425 g/mol. The van der Waals surface area contributed by atoms with E-state index >= 15 is 0 Å². The summed E-state index contributed by atoms with van der Waals surface area (Å²) in [5, 5.41) is 7.15. The molecule has 1 spiro atoms. The third-order valence-electron chi connectivity index (χ3n) is 7.04. The molecule has 1 aromatic carbocycles. The summed E-state index contributed by atoms with van der Waals surface area (Å²) < 4.78 is 13.4. The summed E-state index contributed by atoms with van der Waals surface area (Å²) in [6, 6.07) is 5.59. The van der Waals surface area contributed by atoms with Crippen LogP contribution in [0.25, 0.3) is 0 Å². The number of aryl methyl sites for hydroxylation is 1. The van der Waals surface area contributed by atoms with E-state index in [-0.39, 0.29) is 17.9 Å². The van der Waals surface area contributed by atoms with E-state index in [1.807, 2.05) is 17.0 Å². The Balaban J connectivity index is 1.39. The fourth-order valence-corrected chi connectivity index (χ4v) is 5.19. The van der Waals surface area contributed by atoms with E-state index < -0.39 is 5.41 Å². The lowest BCUT2D eigenvalue weighted by molar-refractivity contribution is -0.122. The highest BCUT2D eigenvalue weighted by molar-refractivity contribution is 6.07. The number of likely N-dealkylation sites (tertiary alicyclic amines) is 1. The Morgan fingerprint density at radius 3 is 2.58 bits per heavy atom. The van der Waals surface area contributed by atoms with Crippen molar-refractivity contribution < 1.29 is 19.1 Å². The summed E-state index contributed by atoms with van der Waals surface area (Å²) in [6.07, 6.45) is 7.45. The summed E-state index contributed by atoms with van der Waals surface area (Å²) in [4.78, 5) is 27.8. The van der Waals surface area contributed by atoms with Crippen LogP contribution in [0.1, 0.15) is 54.6 Å². The number of methoxy groups -OCH3 is 1. The van der Waals surface area contributed by atoms with Crippen LogP contribution in [0.3, 0.4) is 0 Å². The van der Waals surface area contributed by atoms with E-state index in [0.29, 0.717) is 43.1 Å². The van der Waals surface area contributed by atoms with Crippen molar-refractivity contribution in [3.63, 3.8) is 0 Å². The Labute approximate surface area is 181 Å². The maximum atomic E-state index is 13.1. The Morgan fingerprint density at radius 1 is 1.19 bits per heavy atom. The first-order valence-corrected chi connectivity index (χ1v) is 11.0. The highest BCUT2D eigenvalue weighted by Crippen LogP contribution is 2.49. The zero-order valence-corrected chi connectivity index (χ0v) is 18.0. The van der Waals surface area contributed by atoms with Crippen LogP contribution in [0, 0.1) is 0 Å². The van der Waals surface area contributed by atoms with E-state index in [4.69, 9.17) is 9.47 Å². The highest BCUT2D eigenvalue weighted by atomic mass is 16.5. The van der Waals surface area contributed by atoms with Crippen LogP contribution in [0.5, 0.6) is 11.5 Å². The first kappa shape index (κ1) is 19.9. The third-order valence-corrected chi connectivity index (χ3v) is 7.04. The second-order valence-electron chi connectivity index (χ2n) is 8.74. The lowest BCUT2D eigenvalue weighted by Gasteiger charge is -2.38. The smallest absolute Gasteiger partial charge is 0.272 e. The number of aromatic nitrogens is 2. The quantitative estimate of drug-likeness (QED) is 0.816. The zero-order valence-electron chi connectivity index (χ0n) is 18.0. The van der Waals surface area contributed by atoms with E-state index in [9.17, 15) is 9.59 Å². The Bertz CT molecular complexity index is 1020. The van der Waals surface area contributed by atoms with Gasteiger partial charge in [0.1, 0.15) is 5.69 Å². The molecule has 31 heavy (non-hydrogen) atoms. The standard InChI is InChI=1S/C23H28N4O4/c1-26-18(7-10-24-26)21(28)27-11-8-23(9-12-27)16-13-19(30-2)20(14-17(16)25-22(23)29)31-15-5-3-4-6-15/h7,10,13-15H,3-6,8-9,11-12H2,1-2H3,(H,25,29). The van der Waals surface area contributed by atoms with Gasteiger partial charge in [-0.1, -0.05) is 0 Å². The lowest BCUT2D eigenvalue weighted by atomic mass is 9.73. The number of rotatable bonds is 4.